The van der Waals surface area contributed by atoms with E-state index in [9.17, 15) is 0 Å². The summed E-state index contributed by atoms with van der Waals surface area (Å²) < 4.78 is 10.7. The molecule has 88 valence electrons. The van der Waals surface area contributed by atoms with Gasteiger partial charge in [0, 0.05) is 5.56 Å². The number of ether oxygens (including phenoxy) is 2. The molecule has 0 amide bonds. The first-order valence-electron chi connectivity index (χ1n) is 5.04. The van der Waals surface area contributed by atoms with Crippen LogP contribution in [0.5, 0.6) is 11.5 Å². The maximum absolute atomic E-state index is 8.69. The van der Waals surface area contributed by atoms with Gasteiger partial charge in [0.15, 0.2) is 11.5 Å². The van der Waals surface area contributed by atoms with Crippen molar-refractivity contribution in [3.63, 3.8) is 0 Å². The molecule has 0 aromatic heterocycles. The zero-order valence-corrected chi connectivity index (χ0v) is 9.19. The number of amidine groups is 1. The van der Waals surface area contributed by atoms with E-state index >= 15 is 0 Å². The first-order valence-corrected chi connectivity index (χ1v) is 5.04. The van der Waals surface area contributed by atoms with Crippen LogP contribution in [-0.4, -0.2) is 30.8 Å². The number of aliphatic hydroxyl groups is 1. The molecular weight excluding hydrogens is 208 g/mol. The van der Waals surface area contributed by atoms with Gasteiger partial charge in [-0.2, -0.15) is 0 Å². The molecule has 4 N–H and O–H groups in total. The Balaban J connectivity index is 2.95. The van der Waals surface area contributed by atoms with Gasteiger partial charge in [0.25, 0.3) is 0 Å². The molecule has 0 saturated heterocycles. The molecule has 0 heterocycles. The summed E-state index contributed by atoms with van der Waals surface area (Å²) in [6.07, 6.45) is 0. The van der Waals surface area contributed by atoms with Crippen molar-refractivity contribution in [2.45, 2.75) is 6.92 Å². The number of aliphatic hydroxyl groups excluding tert-OH is 1. The second-order valence-corrected chi connectivity index (χ2v) is 3.08. The molecule has 0 saturated carbocycles. The summed E-state index contributed by atoms with van der Waals surface area (Å²) in [5.74, 6) is 1.04. The van der Waals surface area contributed by atoms with Crippen LogP contribution in [0.3, 0.4) is 0 Å². The van der Waals surface area contributed by atoms with Crippen molar-refractivity contribution in [2.24, 2.45) is 5.73 Å². The Morgan fingerprint density at radius 2 is 2.12 bits per heavy atom. The third kappa shape index (κ3) is 3.13. The molecule has 0 bridgehead atoms. The molecule has 5 nitrogen and oxygen atoms in total. The number of nitrogen functional groups attached to an aromatic ring is 1. The van der Waals surface area contributed by atoms with Crippen LogP contribution in [0.1, 0.15) is 12.5 Å². The summed E-state index contributed by atoms with van der Waals surface area (Å²) in [7, 11) is 0. The van der Waals surface area contributed by atoms with Crippen molar-refractivity contribution in [1.82, 2.24) is 0 Å². The number of rotatable bonds is 6. The summed E-state index contributed by atoms with van der Waals surface area (Å²) in [6.45, 7) is 2.50. The predicted molar refractivity (Wildman–Crippen MR) is 61.2 cm³/mol. The fraction of sp³-hybridized carbons (Fsp3) is 0.364. The van der Waals surface area contributed by atoms with Gasteiger partial charge in [-0.3, -0.25) is 5.41 Å². The molecule has 0 unspecified atom stereocenters. The van der Waals surface area contributed by atoms with Gasteiger partial charge in [0.1, 0.15) is 12.4 Å². The van der Waals surface area contributed by atoms with Gasteiger partial charge in [-0.1, -0.05) is 0 Å². The highest BCUT2D eigenvalue weighted by atomic mass is 16.5. The van der Waals surface area contributed by atoms with E-state index in [-0.39, 0.29) is 19.0 Å². The van der Waals surface area contributed by atoms with E-state index < -0.39 is 0 Å². The van der Waals surface area contributed by atoms with Crippen LogP contribution in [0.15, 0.2) is 18.2 Å². The normalized spacial score (nSPS) is 9.88. The van der Waals surface area contributed by atoms with Crippen molar-refractivity contribution in [1.29, 1.82) is 5.41 Å². The lowest BCUT2D eigenvalue weighted by Crippen LogP contribution is -2.12. The third-order valence-electron chi connectivity index (χ3n) is 1.90. The summed E-state index contributed by atoms with van der Waals surface area (Å²) in [6, 6.07) is 5.02. The first-order chi connectivity index (χ1) is 7.69. The maximum atomic E-state index is 8.69. The topological polar surface area (TPSA) is 88.6 Å². The summed E-state index contributed by atoms with van der Waals surface area (Å²) >= 11 is 0. The van der Waals surface area contributed by atoms with Gasteiger partial charge >= 0.3 is 0 Å². The molecule has 0 spiro atoms. The summed E-state index contributed by atoms with van der Waals surface area (Å²) in [5, 5.41) is 16.0. The lowest BCUT2D eigenvalue weighted by molar-refractivity contribution is 0.194. The van der Waals surface area contributed by atoms with E-state index in [0.29, 0.717) is 23.7 Å². The fourth-order valence-electron chi connectivity index (χ4n) is 1.22. The highest BCUT2D eigenvalue weighted by Crippen LogP contribution is 2.28. The highest BCUT2D eigenvalue weighted by Gasteiger charge is 2.07. The van der Waals surface area contributed by atoms with Crippen LogP contribution < -0.4 is 15.2 Å². The van der Waals surface area contributed by atoms with E-state index in [1.165, 1.54) is 0 Å². The number of hydrogen-bond donors (Lipinski definition) is 3. The number of hydrogen-bond acceptors (Lipinski definition) is 4. The zero-order valence-electron chi connectivity index (χ0n) is 9.19. The summed E-state index contributed by atoms with van der Waals surface area (Å²) in [4.78, 5) is 0. The molecule has 0 atom stereocenters. The Labute approximate surface area is 94.3 Å². The second-order valence-electron chi connectivity index (χ2n) is 3.08. The Morgan fingerprint density at radius 1 is 1.38 bits per heavy atom. The smallest absolute Gasteiger partial charge is 0.162 e. The van der Waals surface area contributed by atoms with Crippen molar-refractivity contribution < 1.29 is 14.6 Å². The second kappa shape index (κ2) is 5.97. The molecule has 0 aliphatic heterocycles. The van der Waals surface area contributed by atoms with E-state index in [2.05, 4.69) is 0 Å². The highest BCUT2D eigenvalue weighted by molar-refractivity contribution is 5.95. The quantitative estimate of drug-likeness (QED) is 0.491. The zero-order chi connectivity index (χ0) is 12.0. The van der Waals surface area contributed by atoms with Gasteiger partial charge in [-0.25, -0.2) is 0 Å². The van der Waals surface area contributed by atoms with Crippen molar-refractivity contribution in [3.8, 4) is 11.5 Å². The summed E-state index contributed by atoms with van der Waals surface area (Å²) in [5.41, 5.74) is 5.94. The molecule has 0 aliphatic rings. The molecule has 1 rings (SSSR count). The molecule has 1 aromatic carbocycles. The van der Waals surface area contributed by atoms with Gasteiger partial charge in [-0.15, -0.1) is 0 Å². The third-order valence-corrected chi connectivity index (χ3v) is 1.90. The average Bonchev–Trinajstić information content (AvgIpc) is 2.27. The first kappa shape index (κ1) is 12.3. The largest absolute Gasteiger partial charge is 0.490 e. The number of benzene rings is 1. The van der Waals surface area contributed by atoms with Crippen LogP contribution in [0.2, 0.25) is 0 Å². The number of nitrogens with one attached hydrogen (secondary N) is 1. The van der Waals surface area contributed by atoms with Crippen molar-refractivity contribution in [2.75, 3.05) is 19.8 Å². The van der Waals surface area contributed by atoms with Crippen LogP contribution in [0.25, 0.3) is 0 Å². The van der Waals surface area contributed by atoms with Gasteiger partial charge in [-0.05, 0) is 25.1 Å². The minimum Gasteiger partial charge on any atom is -0.490 e. The molecule has 5 heteroatoms. The SMILES string of the molecule is CCOc1ccc(C(=N)N)cc1OCCO. The van der Waals surface area contributed by atoms with E-state index in [1.54, 1.807) is 18.2 Å². The number of nitrogens with two attached hydrogens (primary N) is 1. The molecule has 0 fully saturated rings. The van der Waals surface area contributed by atoms with E-state index in [0.717, 1.165) is 0 Å². The van der Waals surface area contributed by atoms with Crippen LogP contribution >= 0.6 is 0 Å². The standard InChI is InChI=1S/C11H16N2O3/c1-2-15-9-4-3-8(11(12)13)7-10(9)16-6-5-14/h3-4,7,14H,2,5-6H2,1H3,(H3,12,13). The Bertz CT molecular complexity index is 366. The van der Waals surface area contributed by atoms with Crippen LogP contribution in [0, 0.1) is 5.41 Å². The lowest BCUT2D eigenvalue weighted by Gasteiger charge is -2.12. The molecule has 16 heavy (non-hydrogen) atoms. The van der Waals surface area contributed by atoms with E-state index in [4.69, 9.17) is 25.7 Å². The van der Waals surface area contributed by atoms with Gasteiger partial charge in [0.2, 0.25) is 0 Å². The van der Waals surface area contributed by atoms with Crippen molar-refractivity contribution >= 4 is 5.84 Å². The van der Waals surface area contributed by atoms with Gasteiger partial charge in [0.05, 0.1) is 13.2 Å². The monoisotopic (exact) mass is 224 g/mol. The molecule has 0 radical (unpaired) electrons. The van der Waals surface area contributed by atoms with Crippen molar-refractivity contribution in [3.05, 3.63) is 23.8 Å². The molecular formula is C11H16N2O3. The fourth-order valence-corrected chi connectivity index (χ4v) is 1.22. The minimum absolute atomic E-state index is 0.0307. The molecule has 0 aliphatic carbocycles. The molecule has 1 aromatic rings. The van der Waals surface area contributed by atoms with Crippen LogP contribution in [0.4, 0.5) is 0 Å². The predicted octanol–water partition coefficient (Wildman–Crippen LogP) is 0.740. The van der Waals surface area contributed by atoms with Crippen LogP contribution in [-0.2, 0) is 0 Å². The lowest BCUT2D eigenvalue weighted by atomic mass is 10.2. The maximum Gasteiger partial charge on any atom is 0.162 e. The Morgan fingerprint density at radius 3 is 2.69 bits per heavy atom. The average molecular weight is 224 g/mol. The minimum atomic E-state index is -0.0735. The van der Waals surface area contributed by atoms with Gasteiger partial charge < -0.3 is 20.3 Å². The Hall–Kier alpha value is -1.75. The van der Waals surface area contributed by atoms with E-state index in [1.807, 2.05) is 6.92 Å². The Kier molecular flexibility index (Phi) is 4.60.